The van der Waals surface area contributed by atoms with Crippen molar-refractivity contribution in [2.45, 2.75) is 25.8 Å². The Kier molecular flexibility index (Phi) is 4.64. The maximum absolute atomic E-state index is 14.1. The molecule has 1 aliphatic heterocycles. The lowest BCUT2D eigenvalue weighted by atomic mass is 10.0. The summed E-state index contributed by atoms with van der Waals surface area (Å²) in [6.07, 6.45) is 1.79. The second-order valence-electron chi connectivity index (χ2n) is 6.17. The fourth-order valence-corrected chi connectivity index (χ4v) is 3.10. The number of halogens is 1. The summed E-state index contributed by atoms with van der Waals surface area (Å²) in [5.74, 6) is -0.533. The van der Waals surface area contributed by atoms with E-state index in [1.54, 1.807) is 0 Å². The molecule has 1 N–H and O–H groups in total. The van der Waals surface area contributed by atoms with Gasteiger partial charge in [0.25, 0.3) is 5.69 Å². The average molecular weight is 329 g/mol. The van der Waals surface area contributed by atoms with E-state index in [2.05, 4.69) is 30.4 Å². The molecule has 6 heteroatoms. The van der Waals surface area contributed by atoms with E-state index in [1.165, 1.54) is 17.7 Å². The molecule has 0 saturated carbocycles. The molecular weight excluding hydrogens is 309 g/mol. The first kappa shape index (κ1) is 16.2. The number of aryl methyl sites for hydroxylation is 1. The highest BCUT2D eigenvalue weighted by atomic mass is 19.1. The summed E-state index contributed by atoms with van der Waals surface area (Å²) in [6, 6.07) is 12.5. The van der Waals surface area contributed by atoms with Crippen LogP contribution in [0.2, 0.25) is 0 Å². The van der Waals surface area contributed by atoms with Crippen molar-refractivity contribution in [3.05, 3.63) is 64.0 Å². The Balaban J connectivity index is 1.62. The number of nitro groups is 1. The van der Waals surface area contributed by atoms with Gasteiger partial charge in [0.15, 0.2) is 5.82 Å². The Bertz CT molecular complexity index is 743. The lowest BCUT2D eigenvalue weighted by Crippen LogP contribution is -2.39. The lowest BCUT2D eigenvalue weighted by Gasteiger charge is -2.34. The number of hydrogen-bond donors (Lipinski definition) is 1. The maximum atomic E-state index is 14.1. The molecule has 24 heavy (non-hydrogen) atoms. The Morgan fingerprint density at radius 2 is 1.96 bits per heavy atom. The number of hydrogen-bond acceptors (Lipinski definition) is 4. The molecule has 1 saturated heterocycles. The van der Waals surface area contributed by atoms with Gasteiger partial charge in [-0.15, -0.1) is 0 Å². The number of rotatable bonds is 4. The summed E-state index contributed by atoms with van der Waals surface area (Å²) >= 11 is 0. The molecule has 0 bridgehead atoms. The molecule has 2 aromatic rings. The van der Waals surface area contributed by atoms with E-state index in [0.717, 1.165) is 37.7 Å². The van der Waals surface area contributed by atoms with Crippen LogP contribution >= 0.6 is 0 Å². The van der Waals surface area contributed by atoms with Crippen LogP contribution in [0.25, 0.3) is 0 Å². The number of anilines is 2. The Morgan fingerprint density at radius 1 is 1.21 bits per heavy atom. The van der Waals surface area contributed by atoms with Crippen molar-refractivity contribution in [3.8, 4) is 0 Å². The molecule has 1 fully saturated rings. The van der Waals surface area contributed by atoms with Gasteiger partial charge in [0.1, 0.15) is 0 Å². The van der Waals surface area contributed by atoms with Gasteiger partial charge < -0.3 is 10.2 Å². The molecule has 0 radical (unpaired) electrons. The minimum atomic E-state index is -0.579. The van der Waals surface area contributed by atoms with Crippen LogP contribution in [0.3, 0.4) is 0 Å². The highest BCUT2D eigenvalue weighted by Gasteiger charge is 2.22. The average Bonchev–Trinajstić information content (AvgIpc) is 2.55. The zero-order chi connectivity index (χ0) is 17.1. The number of nitrogens with one attached hydrogen (secondary N) is 1. The van der Waals surface area contributed by atoms with E-state index >= 15 is 0 Å². The summed E-state index contributed by atoms with van der Waals surface area (Å²) in [5.41, 5.74) is 2.54. The third-order valence-corrected chi connectivity index (χ3v) is 4.37. The molecule has 0 spiro atoms. The smallest absolute Gasteiger partial charge is 0.272 e. The molecule has 126 valence electrons. The normalized spacial score (nSPS) is 15.3. The van der Waals surface area contributed by atoms with Crippen molar-refractivity contribution in [1.82, 2.24) is 0 Å². The maximum Gasteiger partial charge on any atom is 0.272 e. The third-order valence-electron chi connectivity index (χ3n) is 4.37. The van der Waals surface area contributed by atoms with Gasteiger partial charge in [-0.3, -0.25) is 10.1 Å². The topological polar surface area (TPSA) is 58.4 Å². The van der Waals surface area contributed by atoms with Crippen LogP contribution in [0, 0.1) is 22.9 Å². The molecule has 0 unspecified atom stereocenters. The number of non-ortho nitro benzene ring substituents is 1. The molecular formula is C18H20FN3O2. The number of nitro benzene ring substituents is 1. The van der Waals surface area contributed by atoms with Gasteiger partial charge in [0, 0.05) is 30.9 Å². The Labute approximate surface area is 140 Å². The molecule has 2 aromatic carbocycles. The van der Waals surface area contributed by atoms with Crippen molar-refractivity contribution in [2.75, 3.05) is 23.3 Å². The van der Waals surface area contributed by atoms with Gasteiger partial charge in [-0.25, -0.2) is 4.39 Å². The monoisotopic (exact) mass is 329 g/mol. The largest absolute Gasteiger partial charge is 0.382 e. The van der Waals surface area contributed by atoms with Crippen LogP contribution in [0.1, 0.15) is 18.4 Å². The molecule has 0 atom stereocenters. The van der Waals surface area contributed by atoms with Gasteiger partial charge >= 0.3 is 0 Å². The van der Waals surface area contributed by atoms with Crippen LogP contribution in [0.5, 0.6) is 0 Å². The van der Waals surface area contributed by atoms with Gasteiger partial charge in [-0.05, 0) is 43.5 Å². The van der Waals surface area contributed by atoms with E-state index < -0.39 is 10.7 Å². The van der Waals surface area contributed by atoms with Gasteiger partial charge in [0.2, 0.25) is 0 Å². The van der Waals surface area contributed by atoms with E-state index in [0.29, 0.717) is 11.7 Å². The predicted octanol–water partition coefficient (Wildman–Crippen LogP) is 4.12. The van der Waals surface area contributed by atoms with E-state index in [9.17, 15) is 14.5 Å². The first-order chi connectivity index (χ1) is 11.5. The number of nitrogens with zero attached hydrogens (tertiary/aromatic N) is 2. The molecule has 0 aliphatic carbocycles. The molecule has 0 amide bonds. The standard InChI is InChI=1S/C18H20FN3O2/c1-13-3-2-4-15(11-13)20-14-7-9-21(10-8-14)18-6-5-16(22(23)24)12-17(18)19/h2-6,11-12,14,20H,7-10H2,1H3. The van der Waals surface area contributed by atoms with Crippen molar-refractivity contribution in [2.24, 2.45) is 0 Å². The minimum Gasteiger partial charge on any atom is -0.382 e. The SMILES string of the molecule is Cc1cccc(NC2CCN(c3ccc([N+](=O)[O-])cc3F)CC2)c1. The highest BCUT2D eigenvalue weighted by molar-refractivity contribution is 5.53. The van der Waals surface area contributed by atoms with Crippen LogP contribution in [0.4, 0.5) is 21.5 Å². The van der Waals surface area contributed by atoms with Crippen LogP contribution in [-0.2, 0) is 0 Å². The van der Waals surface area contributed by atoms with E-state index in [-0.39, 0.29) is 5.69 Å². The van der Waals surface area contributed by atoms with Gasteiger partial charge in [-0.2, -0.15) is 0 Å². The molecule has 3 rings (SSSR count). The van der Waals surface area contributed by atoms with Crippen LogP contribution in [-0.4, -0.2) is 24.1 Å². The first-order valence-electron chi connectivity index (χ1n) is 8.05. The number of benzene rings is 2. The van der Waals surface area contributed by atoms with Gasteiger partial charge in [-0.1, -0.05) is 12.1 Å². The molecule has 1 aliphatic rings. The third kappa shape index (κ3) is 3.64. The predicted molar refractivity (Wildman–Crippen MR) is 93.1 cm³/mol. The minimum absolute atomic E-state index is 0.216. The quantitative estimate of drug-likeness (QED) is 0.677. The Hall–Kier alpha value is -2.63. The Morgan fingerprint density at radius 3 is 2.58 bits per heavy atom. The zero-order valence-corrected chi connectivity index (χ0v) is 13.5. The fraction of sp³-hybridized carbons (Fsp3) is 0.333. The molecule has 1 heterocycles. The summed E-state index contributed by atoms with van der Waals surface area (Å²) in [7, 11) is 0. The van der Waals surface area contributed by atoms with E-state index in [1.807, 2.05) is 11.0 Å². The highest BCUT2D eigenvalue weighted by Crippen LogP contribution is 2.27. The summed E-state index contributed by atoms with van der Waals surface area (Å²) in [4.78, 5) is 12.1. The van der Waals surface area contributed by atoms with Crippen LogP contribution in [0.15, 0.2) is 42.5 Å². The zero-order valence-electron chi connectivity index (χ0n) is 13.5. The molecule has 5 nitrogen and oxygen atoms in total. The van der Waals surface area contributed by atoms with Gasteiger partial charge in [0.05, 0.1) is 16.7 Å². The second-order valence-corrected chi connectivity index (χ2v) is 6.17. The molecule has 0 aromatic heterocycles. The van der Waals surface area contributed by atoms with E-state index in [4.69, 9.17) is 0 Å². The van der Waals surface area contributed by atoms with Crippen molar-refractivity contribution in [3.63, 3.8) is 0 Å². The summed E-state index contributed by atoms with van der Waals surface area (Å²) in [5, 5.41) is 14.2. The van der Waals surface area contributed by atoms with Crippen LogP contribution < -0.4 is 10.2 Å². The summed E-state index contributed by atoms with van der Waals surface area (Å²) in [6.45, 7) is 3.50. The lowest BCUT2D eigenvalue weighted by molar-refractivity contribution is -0.385. The first-order valence-corrected chi connectivity index (χ1v) is 8.05. The number of piperidine rings is 1. The van der Waals surface area contributed by atoms with Crippen molar-refractivity contribution < 1.29 is 9.31 Å². The van der Waals surface area contributed by atoms with Crippen molar-refractivity contribution in [1.29, 1.82) is 0 Å². The second kappa shape index (κ2) is 6.86. The fourth-order valence-electron chi connectivity index (χ4n) is 3.10. The summed E-state index contributed by atoms with van der Waals surface area (Å²) < 4.78 is 14.1. The van der Waals surface area contributed by atoms with Crippen molar-refractivity contribution >= 4 is 17.1 Å².